The molecule has 4 heterocycles. The Morgan fingerprint density at radius 2 is 1.70 bits per heavy atom. The van der Waals surface area contributed by atoms with E-state index in [1.165, 1.54) is 12.1 Å². The van der Waals surface area contributed by atoms with Crippen molar-refractivity contribution in [3.63, 3.8) is 0 Å². The van der Waals surface area contributed by atoms with E-state index in [1.807, 2.05) is 31.8 Å². The lowest BCUT2D eigenvalue weighted by Crippen LogP contribution is -1.87. The lowest BCUT2D eigenvalue weighted by atomic mass is 10.1. The van der Waals surface area contributed by atoms with Gasteiger partial charge in [0.1, 0.15) is 11.5 Å². The molecule has 27 heavy (non-hydrogen) atoms. The molecule has 0 radical (unpaired) electrons. The molecule has 4 aromatic heterocycles. The van der Waals surface area contributed by atoms with E-state index in [0.717, 1.165) is 37.8 Å². The first-order valence-electron chi connectivity index (χ1n) is 8.50. The Bertz CT molecular complexity index is 1250. The van der Waals surface area contributed by atoms with Gasteiger partial charge < -0.3 is 0 Å². The number of halogens is 1. The highest BCUT2D eigenvalue weighted by atomic mass is 32.1. The van der Waals surface area contributed by atoms with Crippen LogP contribution in [0.5, 0.6) is 0 Å². The molecule has 0 N–H and O–H groups in total. The molecule has 0 fully saturated rings. The molecule has 0 aliphatic carbocycles. The van der Waals surface area contributed by atoms with Crippen LogP contribution >= 0.6 is 11.3 Å². The van der Waals surface area contributed by atoms with E-state index in [4.69, 9.17) is 0 Å². The van der Waals surface area contributed by atoms with Crippen LogP contribution in [0.1, 0.15) is 0 Å². The molecule has 0 saturated heterocycles. The smallest absolute Gasteiger partial charge is 0.137 e. The van der Waals surface area contributed by atoms with Crippen LogP contribution in [-0.4, -0.2) is 19.2 Å². The number of aryl methyl sites for hydroxylation is 1. The van der Waals surface area contributed by atoms with Gasteiger partial charge in [0.15, 0.2) is 0 Å². The van der Waals surface area contributed by atoms with Crippen molar-refractivity contribution in [2.75, 3.05) is 0 Å². The molecule has 1 aromatic carbocycles. The molecule has 132 valence electrons. The highest BCUT2D eigenvalue weighted by Gasteiger charge is 2.11. The van der Waals surface area contributed by atoms with Crippen LogP contribution in [0, 0.1) is 5.82 Å². The Balaban J connectivity index is 1.53. The predicted octanol–water partition coefficient (Wildman–Crippen LogP) is 5.27. The van der Waals surface area contributed by atoms with Gasteiger partial charge in [-0.25, -0.2) is 9.37 Å². The zero-order valence-electron chi connectivity index (χ0n) is 14.5. The van der Waals surface area contributed by atoms with Gasteiger partial charge in [-0.3, -0.25) is 9.08 Å². The van der Waals surface area contributed by atoms with Gasteiger partial charge in [0.05, 0.1) is 23.0 Å². The van der Waals surface area contributed by atoms with Gasteiger partial charge in [-0.15, -0.1) is 11.3 Å². The molecule has 0 unspecified atom stereocenters. The van der Waals surface area contributed by atoms with E-state index in [1.54, 1.807) is 28.2 Å². The number of fused-ring (bicyclic) bond motifs is 1. The van der Waals surface area contributed by atoms with Crippen molar-refractivity contribution in [3.8, 4) is 32.1 Å². The summed E-state index contributed by atoms with van der Waals surface area (Å²) in [5.74, 6) is -0.221. The van der Waals surface area contributed by atoms with Crippen LogP contribution in [0.15, 0.2) is 73.3 Å². The summed E-state index contributed by atoms with van der Waals surface area (Å²) < 4.78 is 17.0. The van der Waals surface area contributed by atoms with Crippen molar-refractivity contribution in [1.29, 1.82) is 0 Å². The summed E-state index contributed by atoms with van der Waals surface area (Å²) in [6.07, 6.45) is 7.77. The molecule has 0 spiro atoms. The Hall–Kier alpha value is -3.25. The maximum absolute atomic E-state index is 13.1. The number of benzene rings is 1. The fourth-order valence-electron chi connectivity index (χ4n) is 3.16. The molecule has 0 amide bonds. The molecule has 0 saturated carbocycles. The molecule has 0 aliphatic rings. The molecule has 0 atom stereocenters. The summed E-state index contributed by atoms with van der Waals surface area (Å²) in [4.78, 5) is 6.80. The van der Waals surface area contributed by atoms with Crippen LogP contribution in [0.3, 0.4) is 0 Å². The predicted molar refractivity (Wildman–Crippen MR) is 106 cm³/mol. The lowest BCUT2D eigenvalue weighted by molar-refractivity contribution is 0.628. The fraction of sp³-hybridized carbons (Fsp3) is 0.0476. The maximum atomic E-state index is 13.1. The first-order valence-corrected chi connectivity index (χ1v) is 9.31. The average Bonchev–Trinajstić information content (AvgIpc) is 3.40. The highest BCUT2D eigenvalue weighted by molar-refractivity contribution is 7.18. The zero-order chi connectivity index (χ0) is 18.4. The van der Waals surface area contributed by atoms with Crippen LogP contribution in [0.4, 0.5) is 4.39 Å². The minimum absolute atomic E-state index is 0.221. The van der Waals surface area contributed by atoms with Crippen LogP contribution < -0.4 is 0 Å². The van der Waals surface area contributed by atoms with Crippen LogP contribution in [0.25, 0.3) is 37.8 Å². The van der Waals surface area contributed by atoms with E-state index in [-0.39, 0.29) is 5.82 Å². The minimum Gasteiger partial charge on any atom is -0.299 e. The lowest BCUT2D eigenvalue weighted by Gasteiger charge is -2.02. The van der Waals surface area contributed by atoms with Gasteiger partial charge in [-0.2, -0.15) is 5.10 Å². The monoisotopic (exact) mass is 374 g/mol. The van der Waals surface area contributed by atoms with E-state index in [9.17, 15) is 4.39 Å². The Kier molecular flexibility index (Phi) is 3.65. The normalized spacial score (nSPS) is 11.3. The first-order chi connectivity index (χ1) is 13.2. The summed E-state index contributed by atoms with van der Waals surface area (Å²) in [7, 11) is 1.91. The third-order valence-corrected chi connectivity index (χ3v) is 5.70. The number of imidazole rings is 1. The zero-order valence-corrected chi connectivity index (χ0v) is 15.3. The van der Waals surface area contributed by atoms with E-state index in [0.29, 0.717) is 0 Å². The van der Waals surface area contributed by atoms with E-state index >= 15 is 0 Å². The van der Waals surface area contributed by atoms with Gasteiger partial charge in [0.2, 0.25) is 0 Å². The van der Waals surface area contributed by atoms with Crippen molar-refractivity contribution in [1.82, 2.24) is 19.2 Å². The number of hydrogen-bond acceptors (Lipinski definition) is 3. The second-order valence-corrected chi connectivity index (χ2v) is 7.44. The molecule has 0 bridgehead atoms. The molecular weight excluding hydrogens is 359 g/mol. The number of hydrogen-bond donors (Lipinski definition) is 0. The minimum atomic E-state index is -0.221. The number of aromatic nitrogens is 4. The van der Waals surface area contributed by atoms with Crippen molar-refractivity contribution < 1.29 is 4.39 Å². The SMILES string of the molecule is Cn1cc(-c2ccn3c(-c4ccc(-c5ccc(F)cc5)s4)cnc3c2)cn1. The molecule has 4 nitrogen and oxygen atoms in total. The Labute approximate surface area is 159 Å². The van der Waals surface area contributed by atoms with Crippen LogP contribution in [0.2, 0.25) is 0 Å². The molecule has 6 heteroatoms. The topological polar surface area (TPSA) is 35.1 Å². The molecule has 5 rings (SSSR count). The van der Waals surface area contributed by atoms with Crippen molar-refractivity contribution in [2.24, 2.45) is 7.05 Å². The van der Waals surface area contributed by atoms with E-state index in [2.05, 4.69) is 38.7 Å². The number of thiophene rings is 1. The third-order valence-electron chi connectivity index (χ3n) is 4.54. The fourth-order valence-corrected chi connectivity index (χ4v) is 4.18. The quantitative estimate of drug-likeness (QED) is 0.431. The number of nitrogens with zero attached hydrogens (tertiary/aromatic N) is 4. The Morgan fingerprint density at radius 1 is 0.889 bits per heavy atom. The van der Waals surface area contributed by atoms with Gasteiger partial charge in [-0.1, -0.05) is 12.1 Å². The largest absolute Gasteiger partial charge is 0.299 e. The summed E-state index contributed by atoms with van der Waals surface area (Å²) in [5, 5.41) is 4.23. The van der Waals surface area contributed by atoms with Crippen molar-refractivity contribution in [3.05, 3.63) is 79.1 Å². The first kappa shape index (κ1) is 16.0. The third kappa shape index (κ3) is 2.84. The standard InChI is InChI=1S/C21H15FN4S/c1-25-13-16(11-24-25)15-8-9-26-18(12-23-21(26)10-15)20-7-6-19(27-20)14-2-4-17(22)5-3-14/h2-13H,1H3. The van der Waals surface area contributed by atoms with Crippen LogP contribution in [-0.2, 0) is 7.05 Å². The summed E-state index contributed by atoms with van der Waals surface area (Å²) in [6, 6.07) is 14.9. The van der Waals surface area contributed by atoms with Gasteiger partial charge in [-0.05, 0) is 47.5 Å². The Morgan fingerprint density at radius 3 is 2.48 bits per heavy atom. The van der Waals surface area contributed by atoms with E-state index < -0.39 is 0 Å². The summed E-state index contributed by atoms with van der Waals surface area (Å²) >= 11 is 1.67. The summed E-state index contributed by atoms with van der Waals surface area (Å²) in [6.45, 7) is 0. The number of rotatable bonds is 3. The van der Waals surface area contributed by atoms with Gasteiger partial charge in [0, 0.05) is 29.9 Å². The highest BCUT2D eigenvalue weighted by Crippen LogP contribution is 2.35. The second kappa shape index (κ2) is 6.17. The van der Waals surface area contributed by atoms with Crippen molar-refractivity contribution >= 4 is 17.0 Å². The second-order valence-electron chi connectivity index (χ2n) is 6.36. The summed E-state index contributed by atoms with van der Waals surface area (Å²) in [5.41, 5.74) is 5.11. The molecule has 0 aliphatic heterocycles. The average molecular weight is 374 g/mol. The maximum Gasteiger partial charge on any atom is 0.137 e. The molecule has 5 aromatic rings. The molecular formula is C21H15FN4S. The number of pyridine rings is 1. The van der Waals surface area contributed by atoms with Crippen molar-refractivity contribution in [2.45, 2.75) is 0 Å². The van der Waals surface area contributed by atoms with Gasteiger partial charge in [0.25, 0.3) is 0 Å². The van der Waals surface area contributed by atoms with Gasteiger partial charge >= 0.3 is 0 Å².